The number of carbonyl (C=O) groups is 4. The summed E-state index contributed by atoms with van der Waals surface area (Å²) in [6, 6.07) is 7.80. The molecule has 0 saturated carbocycles. The van der Waals surface area contributed by atoms with Gasteiger partial charge in [-0.3, -0.25) is 29.3 Å². The van der Waals surface area contributed by atoms with Gasteiger partial charge in [-0.25, -0.2) is 9.97 Å². The highest BCUT2D eigenvalue weighted by atomic mass is 35.5. The first-order valence-corrected chi connectivity index (χ1v) is 15.7. The van der Waals surface area contributed by atoms with Crippen molar-refractivity contribution in [3.63, 3.8) is 0 Å². The van der Waals surface area contributed by atoms with Crippen LogP contribution in [0.4, 0.5) is 55.2 Å². The van der Waals surface area contributed by atoms with Crippen LogP contribution in [0.1, 0.15) is 41.0 Å². The van der Waals surface area contributed by atoms with Crippen LogP contribution >= 0.6 is 11.6 Å². The van der Waals surface area contributed by atoms with E-state index in [2.05, 4.69) is 46.1 Å². The minimum absolute atomic E-state index is 0.0452. The van der Waals surface area contributed by atoms with Crippen molar-refractivity contribution in [1.82, 2.24) is 35.0 Å². The maximum Gasteiger partial charge on any atom is 0.458 e. The van der Waals surface area contributed by atoms with Gasteiger partial charge in [-0.15, -0.1) is 0 Å². The minimum atomic E-state index is -5.77. The molecule has 1 aromatic carbocycles. The van der Waals surface area contributed by atoms with E-state index in [1.54, 1.807) is 17.3 Å². The van der Waals surface area contributed by atoms with Gasteiger partial charge in [0.25, 0.3) is 5.91 Å². The molecular weight excluding hydrogens is 726 g/mol. The lowest BCUT2D eigenvalue weighted by atomic mass is 9.93. The largest absolute Gasteiger partial charge is 0.458 e. The second-order valence-corrected chi connectivity index (χ2v) is 12.0. The number of aromatic amines is 1. The Morgan fingerprint density at radius 2 is 1.60 bits per heavy atom. The molecule has 0 atom stereocenters. The normalized spacial score (nSPS) is 14.6. The number of hydrogen-bond donors (Lipinski definition) is 4. The van der Waals surface area contributed by atoms with E-state index in [1.165, 1.54) is 6.33 Å². The number of hydrogen-bond acceptors (Lipinski definition) is 11. The highest BCUT2D eigenvalue weighted by Crippen LogP contribution is 2.30. The third-order valence-corrected chi connectivity index (χ3v) is 8.11. The average Bonchev–Trinajstić information content (AvgIpc) is 3.64. The number of Topliss-reactive ketones (excluding diaryl/α,β-unsaturated/α-hetero) is 2. The topological polar surface area (TPSA) is 188 Å². The molecular formula is C31H27ClF6N10O4. The number of fused-ring (bicyclic) bond motifs is 6. The van der Waals surface area contributed by atoms with Gasteiger partial charge in [-0.2, -0.15) is 36.4 Å². The van der Waals surface area contributed by atoms with Gasteiger partial charge in [0.15, 0.2) is 5.82 Å². The number of benzene rings is 1. The lowest BCUT2D eigenvalue weighted by Crippen LogP contribution is -2.39. The Morgan fingerprint density at radius 1 is 0.885 bits per heavy atom. The number of piperidine rings is 1. The van der Waals surface area contributed by atoms with Gasteiger partial charge in [-0.05, 0) is 67.0 Å². The van der Waals surface area contributed by atoms with Gasteiger partial charge in [0.05, 0.1) is 18.1 Å². The Bertz CT molecular complexity index is 1930. The van der Waals surface area contributed by atoms with E-state index in [4.69, 9.17) is 11.6 Å². The molecule has 0 spiro atoms. The Kier molecular flexibility index (Phi) is 11.4. The first kappa shape index (κ1) is 37.6. The molecule has 2 amide bonds. The zero-order chi connectivity index (χ0) is 37.6. The molecule has 52 heavy (non-hydrogen) atoms. The summed E-state index contributed by atoms with van der Waals surface area (Å²) in [6.07, 6.45) is -1.82. The molecule has 4 N–H and O–H groups in total. The maximum atomic E-state index is 13.1. The van der Waals surface area contributed by atoms with Crippen LogP contribution in [0.15, 0.2) is 49.2 Å². The first-order valence-electron chi connectivity index (χ1n) is 15.4. The van der Waals surface area contributed by atoms with E-state index >= 15 is 0 Å². The van der Waals surface area contributed by atoms with E-state index in [0.29, 0.717) is 42.7 Å². The smallest absolute Gasteiger partial charge is 0.339 e. The van der Waals surface area contributed by atoms with Gasteiger partial charge in [0.2, 0.25) is 17.7 Å². The third kappa shape index (κ3) is 9.77. The van der Waals surface area contributed by atoms with Crippen molar-refractivity contribution in [2.24, 2.45) is 5.92 Å². The van der Waals surface area contributed by atoms with Crippen LogP contribution in [0, 0.1) is 5.92 Å². The van der Waals surface area contributed by atoms with Crippen LogP contribution in [-0.4, -0.2) is 83.9 Å². The lowest BCUT2D eigenvalue weighted by Gasteiger charge is -2.31. The number of alkyl halides is 6. The summed E-state index contributed by atoms with van der Waals surface area (Å²) in [7, 11) is 0. The van der Waals surface area contributed by atoms with Crippen molar-refractivity contribution in [1.29, 1.82) is 0 Å². The average molecular weight is 753 g/mol. The molecule has 3 aromatic heterocycles. The number of amides is 2. The fourth-order valence-corrected chi connectivity index (χ4v) is 5.41. The maximum absolute atomic E-state index is 13.1. The van der Waals surface area contributed by atoms with Crippen LogP contribution in [-0.2, 0) is 27.2 Å². The number of aryl methyl sites for hydroxylation is 2. The monoisotopic (exact) mass is 752 g/mol. The molecule has 0 aliphatic carbocycles. The molecule has 4 aromatic rings. The number of rotatable bonds is 5. The van der Waals surface area contributed by atoms with Crippen LogP contribution in [0.25, 0.3) is 0 Å². The summed E-state index contributed by atoms with van der Waals surface area (Å²) in [4.78, 5) is 63.7. The molecule has 6 bridgehead atoms. The number of likely N-dealkylation sites (tertiary alicyclic amines) is 1. The fraction of sp³-hybridized carbons (Fsp3) is 0.323. The first-order chi connectivity index (χ1) is 24.6. The molecule has 1 fully saturated rings. The zero-order valence-electron chi connectivity index (χ0n) is 26.6. The molecule has 5 heterocycles. The number of ketones is 2. The van der Waals surface area contributed by atoms with Crippen molar-refractivity contribution in [2.75, 3.05) is 29.0 Å². The second-order valence-electron chi connectivity index (χ2n) is 11.6. The SMILES string of the molecule is O=C(C(=O)C(F)(F)F)C(F)(F)F.O=C(CC1CCN(C(=O)c2ncn[nH]2)CC1)Nc1ccc2cc1CCc1cncc(c1)Nc1ncc(Cl)c(n1)N2. The summed E-state index contributed by atoms with van der Waals surface area (Å²) >= 11 is 6.36. The summed E-state index contributed by atoms with van der Waals surface area (Å²) in [5.74, 6) is -5.71. The van der Waals surface area contributed by atoms with E-state index < -0.39 is 23.9 Å². The number of H-pyrrole nitrogens is 1. The summed E-state index contributed by atoms with van der Waals surface area (Å²) in [5.41, 5.74) is 4.36. The molecule has 1 saturated heterocycles. The van der Waals surface area contributed by atoms with Crippen LogP contribution in [0.3, 0.4) is 0 Å². The van der Waals surface area contributed by atoms with E-state index in [0.717, 1.165) is 47.5 Å². The van der Waals surface area contributed by atoms with Crippen LogP contribution < -0.4 is 16.0 Å². The Morgan fingerprint density at radius 3 is 2.25 bits per heavy atom. The van der Waals surface area contributed by atoms with E-state index in [-0.39, 0.29) is 23.6 Å². The van der Waals surface area contributed by atoms with Gasteiger partial charge < -0.3 is 20.9 Å². The van der Waals surface area contributed by atoms with Gasteiger partial charge in [0, 0.05) is 37.1 Å². The summed E-state index contributed by atoms with van der Waals surface area (Å²) < 4.78 is 67.0. The highest BCUT2D eigenvalue weighted by molar-refractivity contribution is 6.41. The van der Waals surface area contributed by atoms with E-state index in [9.17, 15) is 45.5 Å². The van der Waals surface area contributed by atoms with Crippen LogP contribution in [0.2, 0.25) is 5.02 Å². The third-order valence-electron chi connectivity index (χ3n) is 7.83. The van der Waals surface area contributed by atoms with Crippen molar-refractivity contribution in [3.8, 4) is 0 Å². The van der Waals surface area contributed by atoms with Gasteiger partial charge >= 0.3 is 23.9 Å². The minimum Gasteiger partial charge on any atom is -0.339 e. The van der Waals surface area contributed by atoms with E-state index in [1.807, 2.05) is 30.5 Å². The van der Waals surface area contributed by atoms with Crippen molar-refractivity contribution >= 4 is 63.8 Å². The number of pyridine rings is 1. The molecule has 6 rings (SSSR count). The molecule has 2 aliphatic heterocycles. The van der Waals surface area contributed by atoms with Crippen LogP contribution in [0.5, 0.6) is 0 Å². The molecule has 0 unspecified atom stereocenters. The molecule has 21 heteroatoms. The molecule has 14 nitrogen and oxygen atoms in total. The van der Waals surface area contributed by atoms with Crippen molar-refractivity contribution in [3.05, 3.63) is 71.2 Å². The highest BCUT2D eigenvalue weighted by Gasteiger charge is 2.54. The number of anilines is 5. The quantitative estimate of drug-likeness (QED) is 0.152. The molecule has 2 aliphatic rings. The Labute approximate surface area is 294 Å². The summed E-state index contributed by atoms with van der Waals surface area (Å²) in [6.45, 7) is 1.16. The standard InChI is InChI=1S/C27H27ClN10O2.C4F6O2/c28-21-14-30-27-34-20-9-17(12-29-13-20)1-2-18-11-19(33-24(21)36-27)3-4-22(18)35-23(39)10-16-5-7-38(8-6-16)26(40)25-31-15-32-37-25;5-3(6,7)1(11)2(12)4(8,9)10/h3-4,9,11-16H,1-2,5-8,10H2,(H,35,39)(H,31,32,37)(H2,30,33,34,36);. The summed E-state index contributed by atoms with van der Waals surface area (Å²) in [5, 5.41) is 16.3. The number of halogens is 7. The Hall–Kier alpha value is -5.66. The molecule has 0 radical (unpaired) electrons. The van der Waals surface area contributed by atoms with Crippen molar-refractivity contribution < 1.29 is 45.5 Å². The molecule has 274 valence electrons. The Balaban J connectivity index is 0.000000376. The number of carbonyl (C=O) groups excluding carboxylic acids is 4. The predicted molar refractivity (Wildman–Crippen MR) is 172 cm³/mol. The number of aromatic nitrogens is 6. The number of nitrogens with zero attached hydrogens (tertiary/aromatic N) is 6. The second kappa shape index (κ2) is 15.7. The van der Waals surface area contributed by atoms with Gasteiger partial charge in [-0.1, -0.05) is 11.6 Å². The lowest BCUT2D eigenvalue weighted by molar-refractivity contribution is -0.193. The predicted octanol–water partition coefficient (Wildman–Crippen LogP) is 5.36. The van der Waals surface area contributed by atoms with Crippen molar-refractivity contribution in [2.45, 2.75) is 44.5 Å². The van der Waals surface area contributed by atoms with Gasteiger partial charge in [0.1, 0.15) is 11.3 Å². The zero-order valence-corrected chi connectivity index (χ0v) is 27.4. The number of nitrogens with one attached hydrogen (secondary N) is 4. The fourth-order valence-electron chi connectivity index (χ4n) is 5.27.